The van der Waals surface area contributed by atoms with Gasteiger partial charge < -0.3 is 9.47 Å². The monoisotopic (exact) mass is 311 g/mol. The third-order valence-corrected chi connectivity index (χ3v) is 4.08. The minimum absolute atomic E-state index is 0.236. The maximum absolute atomic E-state index is 13.9. The molecule has 0 aliphatic heterocycles. The lowest BCUT2D eigenvalue weighted by molar-refractivity contribution is 0.265. The van der Waals surface area contributed by atoms with Crippen molar-refractivity contribution >= 4 is 22.6 Å². The number of halogens is 2. The van der Waals surface area contributed by atoms with Crippen LogP contribution in [-0.4, -0.2) is 34.1 Å². The summed E-state index contributed by atoms with van der Waals surface area (Å²) in [5, 5.41) is -0.236. The van der Waals surface area contributed by atoms with Crippen molar-refractivity contribution in [1.29, 1.82) is 0 Å². The SMILES string of the molecule is CC(Cl)c1nc2c(F)cccc2n1CCCN(C)C(C)C. The van der Waals surface area contributed by atoms with Gasteiger partial charge in [-0.2, -0.15) is 0 Å². The van der Waals surface area contributed by atoms with Crippen LogP contribution in [-0.2, 0) is 6.54 Å². The Bertz CT molecular complexity index is 607. The van der Waals surface area contributed by atoms with Crippen molar-refractivity contribution in [2.24, 2.45) is 0 Å². The number of aryl methyl sites for hydroxylation is 1. The highest BCUT2D eigenvalue weighted by Gasteiger charge is 2.17. The quantitative estimate of drug-likeness (QED) is 0.745. The Hall–Kier alpha value is -1.13. The van der Waals surface area contributed by atoms with Gasteiger partial charge in [-0.15, -0.1) is 11.6 Å². The highest BCUT2D eigenvalue weighted by molar-refractivity contribution is 6.20. The summed E-state index contributed by atoms with van der Waals surface area (Å²) >= 11 is 6.21. The van der Waals surface area contributed by atoms with Gasteiger partial charge in [0.2, 0.25) is 0 Å². The number of hydrogen-bond acceptors (Lipinski definition) is 2. The van der Waals surface area contributed by atoms with Crippen LogP contribution < -0.4 is 0 Å². The number of para-hydroxylation sites is 1. The highest BCUT2D eigenvalue weighted by Crippen LogP contribution is 2.26. The number of alkyl halides is 1. The molecule has 0 bridgehead atoms. The Kier molecular flexibility index (Phi) is 5.22. The van der Waals surface area contributed by atoms with Gasteiger partial charge in [-0.05, 0) is 52.9 Å². The first-order valence-corrected chi connectivity index (χ1v) is 7.84. The maximum atomic E-state index is 13.9. The summed E-state index contributed by atoms with van der Waals surface area (Å²) in [6.07, 6.45) is 0.979. The predicted octanol–water partition coefficient (Wildman–Crippen LogP) is 4.21. The number of fused-ring (bicyclic) bond motifs is 1. The third-order valence-electron chi connectivity index (χ3n) is 3.89. The average molecular weight is 312 g/mol. The van der Waals surface area contributed by atoms with Crippen molar-refractivity contribution in [3.05, 3.63) is 29.8 Å². The third kappa shape index (κ3) is 3.55. The Morgan fingerprint density at radius 2 is 2.05 bits per heavy atom. The zero-order valence-electron chi connectivity index (χ0n) is 13.1. The molecule has 0 radical (unpaired) electrons. The van der Waals surface area contributed by atoms with E-state index in [1.165, 1.54) is 6.07 Å². The highest BCUT2D eigenvalue weighted by atomic mass is 35.5. The molecule has 21 heavy (non-hydrogen) atoms. The van der Waals surface area contributed by atoms with Gasteiger partial charge in [0.15, 0.2) is 5.82 Å². The predicted molar refractivity (Wildman–Crippen MR) is 86.3 cm³/mol. The van der Waals surface area contributed by atoms with Gasteiger partial charge in [0.1, 0.15) is 11.3 Å². The first kappa shape index (κ1) is 16.2. The van der Waals surface area contributed by atoms with E-state index in [1.807, 2.05) is 17.6 Å². The van der Waals surface area contributed by atoms with Gasteiger partial charge >= 0.3 is 0 Å². The molecule has 0 fully saturated rings. The second-order valence-electron chi connectivity index (χ2n) is 5.77. The molecule has 0 aliphatic rings. The van der Waals surface area contributed by atoms with Crippen molar-refractivity contribution < 1.29 is 4.39 Å². The maximum Gasteiger partial charge on any atom is 0.151 e. The van der Waals surface area contributed by atoms with Crippen LogP contribution in [0.1, 0.15) is 38.4 Å². The lowest BCUT2D eigenvalue weighted by atomic mass is 10.3. The van der Waals surface area contributed by atoms with Crippen LogP contribution in [0.5, 0.6) is 0 Å². The number of imidazole rings is 1. The number of benzene rings is 1. The molecule has 1 unspecified atom stereocenters. The molecule has 0 saturated carbocycles. The largest absolute Gasteiger partial charge is 0.327 e. The van der Waals surface area contributed by atoms with E-state index in [2.05, 4.69) is 30.8 Å². The van der Waals surface area contributed by atoms with E-state index in [0.29, 0.717) is 11.6 Å². The minimum Gasteiger partial charge on any atom is -0.327 e. The molecule has 5 heteroatoms. The van der Waals surface area contributed by atoms with E-state index >= 15 is 0 Å². The summed E-state index contributed by atoms with van der Waals surface area (Å²) in [6, 6.07) is 5.59. The zero-order chi connectivity index (χ0) is 15.6. The first-order valence-electron chi connectivity index (χ1n) is 7.40. The second kappa shape index (κ2) is 6.75. The number of rotatable bonds is 6. The van der Waals surface area contributed by atoms with Crippen LogP contribution in [0.2, 0.25) is 0 Å². The van der Waals surface area contributed by atoms with Gasteiger partial charge in [0, 0.05) is 12.6 Å². The van der Waals surface area contributed by atoms with Gasteiger partial charge in [-0.25, -0.2) is 9.37 Å². The molecular formula is C16H23ClFN3. The fourth-order valence-corrected chi connectivity index (χ4v) is 2.57. The van der Waals surface area contributed by atoms with E-state index in [0.717, 1.165) is 30.9 Å². The van der Waals surface area contributed by atoms with Crippen molar-refractivity contribution in [1.82, 2.24) is 14.5 Å². The molecule has 0 saturated heterocycles. The number of nitrogens with zero attached hydrogens (tertiary/aromatic N) is 3. The Balaban J connectivity index is 2.25. The summed E-state index contributed by atoms with van der Waals surface area (Å²) in [7, 11) is 2.11. The Morgan fingerprint density at radius 1 is 1.33 bits per heavy atom. The second-order valence-corrected chi connectivity index (χ2v) is 6.43. The van der Waals surface area contributed by atoms with E-state index in [-0.39, 0.29) is 11.2 Å². The van der Waals surface area contributed by atoms with E-state index in [4.69, 9.17) is 11.6 Å². The molecular weight excluding hydrogens is 289 g/mol. The van der Waals surface area contributed by atoms with Gasteiger partial charge in [-0.1, -0.05) is 6.07 Å². The van der Waals surface area contributed by atoms with Gasteiger partial charge in [0.05, 0.1) is 10.9 Å². The molecule has 0 spiro atoms. The first-order chi connectivity index (χ1) is 9.91. The van der Waals surface area contributed by atoms with Crippen LogP contribution in [0.3, 0.4) is 0 Å². The standard InChI is InChI=1S/C16H23ClFN3/c1-11(2)20(4)9-6-10-21-14-8-5-7-13(18)15(14)19-16(21)12(3)17/h5,7-8,11-12H,6,9-10H2,1-4H3. The molecule has 1 heterocycles. The fourth-order valence-electron chi connectivity index (χ4n) is 2.41. The van der Waals surface area contributed by atoms with Crippen LogP contribution >= 0.6 is 11.6 Å². The van der Waals surface area contributed by atoms with Crippen LogP contribution in [0, 0.1) is 5.82 Å². The molecule has 1 aromatic carbocycles. The normalized spacial score (nSPS) is 13.5. The average Bonchev–Trinajstić information content (AvgIpc) is 2.79. The van der Waals surface area contributed by atoms with Gasteiger partial charge in [-0.3, -0.25) is 0 Å². The molecule has 1 atom stereocenters. The lowest BCUT2D eigenvalue weighted by Gasteiger charge is -2.21. The molecule has 2 rings (SSSR count). The smallest absolute Gasteiger partial charge is 0.151 e. The topological polar surface area (TPSA) is 21.1 Å². The molecule has 116 valence electrons. The van der Waals surface area contributed by atoms with Crippen LogP contribution in [0.4, 0.5) is 4.39 Å². The molecule has 0 N–H and O–H groups in total. The molecule has 2 aromatic rings. The fraction of sp³-hybridized carbons (Fsp3) is 0.562. The van der Waals surface area contributed by atoms with Crippen LogP contribution in [0.25, 0.3) is 11.0 Å². The molecule has 0 amide bonds. The van der Waals surface area contributed by atoms with E-state index < -0.39 is 0 Å². The van der Waals surface area contributed by atoms with Crippen LogP contribution in [0.15, 0.2) is 18.2 Å². The molecule has 0 aliphatic carbocycles. The van der Waals surface area contributed by atoms with Crippen molar-refractivity contribution in [2.45, 2.75) is 45.2 Å². The molecule has 1 aromatic heterocycles. The summed E-state index contributed by atoms with van der Waals surface area (Å²) in [6.45, 7) is 8.01. The van der Waals surface area contributed by atoms with Crippen molar-refractivity contribution in [2.75, 3.05) is 13.6 Å². The number of hydrogen-bond donors (Lipinski definition) is 0. The minimum atomic E-state index is -0.288. The summed E-state index contributed by atoms with van der Waals surface area (Å²) in [4.78, 5) is 6.68. The summed E-state index contributed by atoms with van der Waals surface area (Å²) in [5.41, 5.74) is 1.24. The van der Waals surface area contributed by atoms with Gasteiger partial charge in [0.25, 0.3) is 0 Å². The lowest BCUT2D eigenvalue weighted by Crippen LogP contribution is -2.28. The Labute approximate surface area is 130 Å². The van der Waals surface area contributed by atoms with E-state index in [1.54, 1.807) is 6.07 Å². The van der Waals surface area contributed by atoms with Crippen molar-refractivity contribution in [3.63, 3.8) is 0 Å². The zero-order valence-corrected chi connectivity index (χ0v) is 13.9. The summed E-state index contributed by atoms with van der Waals surface area (Å²) in [5.74, 6) is 0.452. The Morgan fingerprint density at radius 3 is 2.67 bits per heavy atom. The summed E-state index contributed by atoms with van der Waals surface area (Å²) < 4.78 is 15.9. The van der Waals surface area contributed by atoms with E-state index in [9.17, 15) is 4.39 Å². The molecule has 3 nitrogen and oxygen atoms in total. The van der Waals surface area contributed by atoms with Crippen molar-refractivity contribution in [3.8, 4) is 0 Å². The number of aromatic nitrogens is 2.